The number of nitrogens with zero attached hydrogens (tertiary/aromatic N) is 1. The highest BCUT2D eigenvalue weighted by Gasteiger charge is 2.11. The van der Waals surface area contributed by atoms with E-state index in [1.165, 1.54) is 0 Å². The molecule has 0 radical (unpaired) electrons. The highest BCUT2D eigenvalue weighted by atomic mass is 32.4. The molecule has 0 spiro atoms. The van der Waals surface area contributed by atoms with Crippen LogP contribution in [0.25, 0.3) is 0 Å². The van der Waals surface area contributed by atoms with Crippen LogP contribution in [0, 0.1) is 10.7 Å². The molecule has 0 heterocycles. The van der Waals surface area contributed by atoms with Gasteiger partial charge in [-0.15, -0.1) is 0 Å². The van der Waals surface area contributed by atoms with E-state index in [9.17, 15) is 0 Å². The molecule has 0 N–H and O–H groups in total. The van der Waals surface area contributed by atoms with Crippen molar-refractivity contribution < 1.29 is 8.85 Å². The van der Waals surface area contributed by atoms with Gasteiger partial charge in [-0.25, -0.2) is 0 Å². The molecule has 0 bridgehead atoms. The van der Waals surface area contributed by atoms with Crippen molar-refractivity contribution in [3.63, 3.8) is 0 Å². The Balaban J connectivity index is 3.42. The molecule has 0 atom stereocenters. The molecule has 0 saturated heterocycles. The summed E-state index contributed by atoms with van der Waals surface area (Å²) in [6, 6.07) is 0. The van der Waals surface area contributed by atoms with Gasteiger partial charge in [0, 0.05) is 13.2 Å². The van der Waals surface area contributed by atoms with Gasteiger partial charge in [0.15, 0.2) is 0 Å². The van der Waals surface area contributed by atoms with E-state index in [1.807, 2.05) is 19.2 Å². The summed E-state index contributed by atoms with van der Waals surface area (Å²) in [4.78, 5) is 0. The maximum Gasteiger partial charge on any atom is 0.404 e. The molecule has 0 unspecified atom stereocenters. The third-order valence-electron chi connectivity index (χ3n) is 0.754. The Hall–Kier alpha value is -0.0231. The van der Waals surface area contributed by atoms with Crippen molar-refractivity contribution in [3.05, 3.63) is 0 Å². The Kier molecular flexibility index (Phi) is 7.07. The van der Waals surface area contributed by atoms with Gasteiger partial charge in [0.1, 0.15) is 5.40 Å². The monoisotopic (exact) mass is 177 g/mol. The molecule has 0 aromatic rings. The molecule has 10 heavy (non-hydrogen) atoms. The molecule has 5 heteroatoms. The van der Waals surface area contributed by atoms with Crippen LogP contribution in [-0.4, -0.2) is 21.6 Å². The van der Waals surface area contributed by atoms with Crippen LogP contribution < -0.4 is 0 Å². The maximum atomic E-state index is 8.28. The van der Waals surface area contributed by atoms with Crippen molar-refractivity contribution in [1.82, 2.24) is 0 Å². The van der Waals surface area contributed by atoms with Crippen LogP contribution in [0.5, 0.6) is 0 Å². The molecular weight excluding hydrogens is 166 g/mol. The van der Waals surface area contributed by atoms with E-state index in [0.29, 0.717) is 13.2 Å². The topological polar surface area (TPSA) is 42.2 Å². The van der Waals surface area contributed by atoms with Gasteiger partial charge in [-0.05, 0) is 25.1 Å². The molecule has 0 aliphatic heterocycles. The highest BCUT2D eigenvalue weighted by Crippen LogP contribution is 2.06. The molecule has 0 fully saturated rings. The van der Waals surface area contributed by atoms with Crippen molar-refractivity contribution in [2.45, 2.75) is 13.8 Å². The summed E-state index contributed by atoms with van der Waals surface area (Å²) in [5.74, 6) is 0. The summed E-state index contributed by atoms with van der Waals surface area (Å²) in [6.07, 6.45) is 0. The summed E-state index contributed by atoms with van der Waals surface area (Å²) in [5.41, 5.74) is 0. The van der Waals surface area contributed by atoms with Crippen LogP contribution in [0.2, 0.25) is 0 Å². The van der Waals surface area contributed by atoms with Crippen LogP contribution in [0.15, 0.2) is 0 Å². The first kappa shape index (κ1) is 9.98. The fraction of sp³-hybridized carbons (Fsp3) is 0.800. The maximum absolute atomic E-state index is 8.28. The lowest BCUT2D eigenvalue weighted by atomic mass is 10.9. The number of hydrogen-bond donors (Lipinski definition) is 0. The van der Waals surface area contributed by atoms with Gasteiger partial charge in [0.25, 0.3) is 0 Å². The lowest BCUT2D eigenvalue weighted by Crippen LogP contribution is -2.18. The Morgan fingerprint density at radius 2 is 1.90 bits per heavy atom. The largest absolute Gasteiger partial charge is 0.404 e. The molecule has 0 aliphatic carbocycles. The third-order valence-corrected chi connectivity index (χ3v) is 3.97. The zero-order chi connectivity index (χ0) is 7.82. The second kappa shape index (κ2) is 7.09. The van der Waals surface area contributed by atoms with Crippen molar-refractivity contribution in [1.29, 1.82) is 5.26 Å². The lowest BCUT2D eigenvalue weighted by molar-refractivity contribution is 0.233. The van der Waals surface area contributed by atoms with Gasteiger partial charge >= 0.3 is 8.43 Å². The van der Waals surface area contributed by atoms with E-state index in [2.05, 4.69) is 0 Å². The van der Waals surface area contributed by atoms with Crippen LogP contribution in [0.4, 0.5) is 0 Å². The molecular formula is C5H11NO2SSi. The quantitative estimate of drug-likeness (QED) is 0.464. The molecule has 0 saturated carbocycles. The van der Waals surface area contributed by atoms with Crippen LogP contribution in [0.3, 0.4) is 0 Å². The predicted octanol–water partition coefficient (Wildman–Crippen LogP) is 0.991. The van der Waals surface area contributed by atoms with Gasteiger partial charge in [0.2, 0.25) is 0 Å². The molecule has 0 aromatic carbocycles. The number of hydrogen-bond acceptors (Lipinski definition) is 4. The van der Waals surface area contributed by atoms with Gasteiger partial charge in [-0.2, -0.15) is 5.26 Å². The van der Waals surface area contributed by atoms with Gasteiger partial charge in [0.05, 0.1) is 0 Å². The average Bonchev–Trinajstić information content (AvgIpc) is 1.90. The first-order valence-electron chi connectivity index (χ1n) is 3.13. The third kappa shape index (κ3) is 4.82. The second-order valence-electron chi connectivity index (χ2n) is 1.41. The summed E-state index contributed by atoms with van der Waals surface area (Å²) in [5, 5.41) is 10.2. The first-order valence-corrected chi connectivity index (χ1v) is 6.36. The molecule has 0 rings (SSSR count). The fourth-order valence-corrected chi connectivity index (χ4v) is 2.78. The molecule has 0 aromatic heterocycles. The zero-order valence-electron chi connectivity index (χ0n) is 6.16. The summed E-state index contributed by atoms with van der Waals surface area (Å²) < 4.78 is 10.4. The molecule has 58 valence electrons. The van der Waals surface area contributed by atoms with Crippen LogP contribution in [-0.2, 0) is 8.85 Å². The van der Waals surface area contributed by atoms with E-state index in [4.69, 9.17) is 14.1 Å². The van der Waals surface area contributed by atoms with Gasteiger partial charge in [-0.3, -0.25) is 0 Å². The van der Waals surface area contributed by atoms with Crippen LogP contribution in [0.1, 0.15) is 13.8 Å². The minimum Gasteiger partial charge on any atom is -0.389 e. The van der Waals surface area contributed by atoms with Crippen molar-refractivity contribution in [2.75, 3.05) is 13.2 Å². The highest BCUT2D eigenvalue weighted by molar-refractivity contribution is 8.27. The van der Waals surface area contributed by atoms with E-state index in [-0.39, 0.29) is 0 Å². The Bertz CT molecular complexity index is 111. The SMILES string of the molecule is CCO[SiH](OCC)SC#N. The minimum atomic E-state index is -1.68. The summed E-state index contributed by atoms with van der Waals surface area (Å²) in [6.45, 7) is 5.06. The number of nitriles is 1. The van der Waals surface area contributed by atoms with Gasteiger partial charge in [-0.1, -0.05) is 0 Å². The van der Waals surface area contributed by atoms with E-state index in [1.54, 1.807) is 0 Å². The lowest BCUT2D eigenvalue weighted by Gasteiger charge is -2.08. The van der Waals surface area contributed by atoms with E-state index < -0.39 is 8.43 Å². The Morgan fingerprint density at radius 1 is 1.40 bits per heavy atom. The first-order chi connectivity index (χ1) is 4.85. The summed E-state index contributed by atoms with van der Waals surface area (Å²) >= 11 is 1.13. The molecule has 0 amide bonds. The second-order valence-corrected chi connectivity index (χ2v) is 4.93. The smallest absolute Gasteiger partial charge is 0.389 e. The zero-order valence-corrected chi connectivity index (χ0v) is 8.13. The number of rotatable bonds is 5. The van der Waals surface area contributed by atoms with Crippen molar-refractivity contribution in [3.8, 4) is 5.40 Å². The van der Waals surface area contributed by atoms with E-state index >= 15 is 0 Å². The average molecular weight is 177 g/mol. The normalized spacial score (nSPS) is 9.80. The molecule has 3 nitrogen and oxygen atoms in total. The van der Waals surface area contributed by atoms with Gasteiger partial charge < -0.3 is 8.85 Å². The fourth-order valence-electron chi connectivity index (χ4n) is 0.431. The number of thiocyanates is 1. The standard InChI is InChI=1S/C5H11NO2SSi/c1-3-7-10(8-4-2)9-5-6/h10H,3-4H2,1-2H3. The minimum absolute atomic E-state index is 0.631. The Morgan fingerprint density at radius 3 is 2.20 bits per heavy atom. The van der Waals surface area contributed by atoms with E-state index in [0.717, 1.165) is 11.2 Å². The van der Waals surface area contributed by atoms with Crippen LogP contribution >= 0.6 is 11.2 Å². The van der Waals surface area contributed by atoms with Crippen molar-refractivity contribution in [2.24, 2.45) is 0 Å². The molecule has 0 aliphatic rings. The van der Waals surface area contributed by atoms with Crippen molar-refractivity contribution >= 4 is 19.6 Å². The Labute approximate surface area is 66.8 Å². The summed E-state index contributed by atoms with van der Waals surface area (Å²) in [7, 11) is -1.68. The predicted molar refractivity (Wildman–Crippen MR) is 43.6 cm³/mol.